The van der Waals surface area contributed by atoms with Crippen LogP contribution in [0, 0.1) is 5.82 Å². The van der Waals surface area contributed by atoms with Gasteiger partial charge in [0.2, 0.25) is 0 Å². The van der Waals surface area contributed by atoms with Crippen LogP contribution >= 0.6 is 46.6 Å². The molecule has 2 aromatic rings. The maximum absolute atomic E-state index is 13.4. The number of anilines is 1. The minimum Gasteiger partial charge on any atom is -0.260 e. The quantitative estimate of drug-likeness (QED) is 0.556. The number of rotatable bonds is 2. The molecule has 0 unspecified atom stereocenters. The van der Waals surface area contributed by atoms with Crippen molar-refractivity contribution < 1.29 is 4.39 Å². The van der Waals surface area contributed by atoms with Crippen molar-refractivity contribution in [3.05, 3.63) is 50.8 Å². The van der Waals surface area contributed by atoms with Gasteiger partial charge in [-0.1, -0.05) is 34.8 Å². The Morgan fingerprint density at radius 3 is 2.82 bits per heavy atom. The number of nitrogens with one attached hydrogen (secondary N) is 1. The second-order valence-electron chi connectivity index (χ2n) is 4.50. The average Bonchev–Trinajstić information content (AvgIpc) is 2.49. The van der Waals surface area contributed by atoms with Crippen molar-refractivity contribution in [2.75, 3.05) is 11.2 Å². The standard InChI is InChI=1S/C14H9Cl3FN3S/c15-9-6-10(16)14(19-13(9)17)21-20-11-3-4-22-12-2-1-7(18)5-8(11)12/h1-2,5-6H,3-4H2,(H,19,21)/b20-11-. The summed E-state index contributed by atoms with van der Waals surface area (Å²) in [5, 5.41) is 5.02. The molecule has 0 saturated carbocycles. The normalized spacial score (nSPS) is 15.7. The van der Waals surface area contributed by atoms with Gasteiger partial charge < -0.3 is 0 Å². The molecular weight excluding hydrogens is 368 g/mol. The number of benzene rings is 1. The molecule has 1 aliphatic heterocycles. The number of nitrogens with zero attached hydrogens (tertiary/aromatic N) is 2. The van der Waals surface area contributed by atoms with Crippen LogP contribution in [0.2, 0.25) is 15.2 Å². The highest BCUT2D eigenvalue weighted by atomic mass is 35.5. The second-order valence-corrected chi connectivity index (χ2v) is 6.81. The van der Waals surface area contributed by atoms with Gasteiger partial charge in [-0.2, -0.15) is 5.10 Å². The number of halogens is 4. The van der Waals surface area contributed by atoms with Crippen molar-refractivity contribution in [2.24, 2.45) is 5.10 Å². The topological polar surface area (TPSA) is 37.3 Å². The first-order valence-corrected chi connectivity index (χ1v) is 8.43. The zero-order valence-electron chi connectivity index (χ0n) is 11.0. The Morgan fingerprint density at radius 1 is 1.18 bits per heavy atom. The highest BCUT2D eigenvalue weighted by Crippen LogP contribution is 2.32. The number of hydrogen-bond donors (Lipinski definition) is 1. The van der Waals surface area contributed by atoms with Crippen molar-refractivity contribution in [1.29, 1.82) is 0 Å². The molecule has 1 aromatic carbocycles. The average molecular weight is 377 g/mol. The summed E-state index contributed by atoms with van der Waals surface area (Å²) in [7, 11) is 0. The predicted molar refractivity (Wildman–Crippen MR) is 91.2 cm³/mol. The SMILES string of the molecule is Fc1ccc2c(c1)/C(=N\Nc1nc(Cl)c(Cl)cc1Cl)CCS2. The lowest BCUT2D eigenvalue weighted by molar-refractivity contribution is 0.626. The lowest BCUT2D eigenvalue weighted by Gasteiger charge is -2.17. The fourth-order valence-corrected chi connectivity index (χ4v) is 3.56. The molecule has 0 aliphatic carbocycles. The highest BCUT2D eigenvalue weighted by molar-refractivity contribution is 7.99. The summed E-state index contributed by atoms with van der Waals surface area (Å²) in [5.41, 5.74) is 4.31. The predicted octanol–water partition coefficient (Wildman–Crippen LogP) is 5.49. The number of aromatic nitrogens is 1. The van der Waals surface area contributed by atoms with Gasteiger partial charge in [-0.15, -0.1) is 11.8 Å². The molecule has 114 valence electrons. The van der Waals surface area contributed by atoms with Gasteiger partial charge in [0.15, 0.2) is 5.82 Å². The first-order chi connectivity index (χ1) is 10.5. The summed E-state index contributed by atoms with van der Waals surface area (Å²) in [5.74, 6) is 0.890. The van der Waals surface area contributed by atoms with Crippen LogP contribution in [0.25, 0.3) is 0 Å². The largest absolute Gasteiger partial charge is 0.260 e. The van der Waals surface area contributed by atoms with Crippen LogP contribution in [-0.2, 0) is 0 Å². The van der Waals surface area contributed by atoms with Gasteiger partial charge in [0.1, 0.15) is 11.0 Å². The zero-order chi connectivity index (χ0) is 15.7. The van der Waals surface area contributed by atoms with Crippen molar-refractivity contribution in [3.8, 4) is 0 Å². The first-order valence-electron chi connectivity index (χ1n) is 6.31. The van der Waals surface area contributed by atoms with Gasteiger partial charge in [-0.05, 0) is 24.3 Å². The molecule has 0 spiro atoms. The molecule has 0 fully saturated rings. The Morgan fingerprint density at radius 2 is 2.00 bits per heavy atom. The van der Waals surface area contributed by atoms with Crippen molar-refractivity contribution >= 4 is 58.1 Å². The van der Waals surface area contributed by atoms with E-state index in [1.165, 1.54) is 18.2 Å². The van der Waals surface area contributed by atoms with Crippen molar-refractivity contribution in [1.82, 2.24) is 4.98 Å². The molecule has 0 atom stereocenters. The van der Waals surface area contributed by atoms with Gasteiger partial charge in [-0.3, -0.25) is 5.43 Å². The Balaban J connectivity index is 1.92. The Labute approximate surface area is 145 Å². The van der Waals surface area contributed by atoms with E-state index in [2.05, 4.69) is 15.5 Å². The van der Waals surface area contributed by atoms with E-state index in [0.29, 0.717) is 17.3 Å². The number of hydrogen-bond acceptors (Lipinski definition) is 4. The molecular formula is C14H9Cl3FN3S. The van der Waals surface area contributed by atoms with Crippen LogP contribution in [0.4, 0.5) is 10.2 Å². The smallest absolute Gasteiger partial charge is 0.166 e. The fourth-order valence-electron chi connectivity index (χ4n) is 2.01. The summed E-state index contributed by atoms with van der Waals surface area (Å²) < 4.78 is 13.4. The molecule has 0 amide bonds. The monoisotopic (exact) mass is 375 g/mol. The first kappa shape index (κ1) is 15.9. The maximum Gasteiger partial charge on any atom is 0.166 e. The number of hydrazone groups is 1. The number of fused-ring (bicyclic) bond motifs is 1. The van der Waals surface area contributed by atoms with Gasteiger partial charge >= 0.3 is 0 Å². The lowest BCUT2D eigenvalue weighted by atomic mass is 10.1. The van der Waals surface area contributed by atoms with E-state index in [0.717, 1.165) is 21.9 Å². The minimum atomic E-state index is -0.292. The van der Waals surface area contributed by atoms with Gasteiger partial charge in [0.25, 0.3) is 0 Å². The van der Waals surface area contributed by atoms with Gasteiger partial charge in [0.05, 0.1) is 15.8 Å². The number of pyridine rings is 1. The fraction of sp³-hybridized carbons (Fsp3) is 0.143. The highest BCUT2D eigenvalue weighted by Gasteiger charge is 2.17. The second kappa shape index (κ2) is 6.62. The molecule has 22 heavy (non-hydrogen) atoms. The summed E-state index contributed by atoms with van der Waals surface area (Å²) >= 11 is 19.4. The van der Waals surface area contributed by atoms with E-state index in [9.17, 15) is 4.39 Å². The minimum absolute atomic E-state index is 0.138. The van der Waals surface area contributed by atoms with Crippen molar-refractivity contribution in [3.63, 3.8) is 0 Å². The van der Waals surface area contributed by atoms with E-state index in [-0.39, 0.29) is 16.0 Å². The van der Waals surface area contributed by atoms with Crippen LogP contribution in [0.5, 0.6) is 0 Å². The summed E-state index contributed by atoms with van der Waals surface area (Å²) in [6, 6.07) is 6.17. The molecule has 1 aliphatic rings. The van der Waals surface area contributed by atoms with Gasteiger partial charge in [-0.25, -0.2) is 9.37 Å². The molecule has 8 heteroatoms. The van der Waals surface area contributed by atoms with Crippen LogP contribution in [0.1, 0.15) is 12.0 Å². The Kier molecular flexibility index (Phi) is 4.78. The molecule has 0 bridgehead atoms. The third-order valence-corrected chi connectivity index (χ3v) is 5.07. The summed E-state index contributed by atoms with van der Waals surface area (Å²) in [6.45, 7) is 0. The van der Waals surface area contributed by atoms with E-state index in [1.807, 2.05) is 0 Å². The molecule has 2 heterocycles. The van der Waals surface area contributed by atoms with Crippen LogP contribution in [-0.4, -0.2) is 16.4 Å². The molecule has 0 radical (unpaired) electrons. The maximum atomic E-state index is 13.4. The van der Waals surface area contributed by atoms with E-state index in [4.69, 9.17) is 34.8 Å². The zero-order valence-corrected chi connectivity index (χ0v) is 14.1. The lowest BCUT2D eigenvalue weighted by Crippen LogP contribution is -2.12. The molecule has 1 N–H and O–H groups in total. The molecule has 1 aromatic heterocycles. The van der Waals surface area contributed by atoms with Crippen molar-refractivity contribution in [2.45, 2.75) is 11.3 Å². The van der Waals surface area contributed by atoms with Gasteiger partial charge in [0, 0.05) is 22.6 Å². The van der Waals surface area contributed by atoms with Crippen LogP contribution < -0.4 is 5.43 Å². The third kappa shape index (κ3) is 3.33. The Hall–Kier alpha value is -1.01. The van der Waals surface area contributed by atoms with E-state index < -0.39 is 0 Å². The summed E-state index contributed by atoms with van der Waals surface area (Å²) in [6.07, 6.45) is 0.715. The van der Waals surface area contributed by atoms with Crippen LogP contribution in [0.3, 0.4) is 0 Å². The number of thioether (sulfide) groups is 1. The van der Waals surface area contributed by atoms with E-state index in [1.54, 1.807) is 17.8 Å². The molecule has 3 rings (SSSR count). The van der Waals surface area contributed by atoms with Crippen LogP contribution in [0.15, 0.2) is 34.3 Å². The third-order valence-electron chi connectivity index (χ3n) is 3.03. The molecule has 0 saturated heterocycles. The van der Waals surface area contributed by atoms with E-state index >= 15 is 0 Å². The Bertz CT molecular complexity index is 767. The molecule has 3 nitrogen and oxygen atoms in total. The summed E-state index contributed by atoms with van der Waals surface area (Å²) in [4.78, 5) is 5.04.